The van der Waals surface area contributed by atoms with Crippen LogP contribution in [0.1, 0.15) is 31.9 Å². The summed E-state index contributed by atoms with van der Waals surface area (Å²) in [5.74, 6) is 1.53. The number of nitrogens with zero attached hydrogens (tertiary/aromatic N) is 2. The van der Waals surface area contributed by atoms with Gasteiger partial charge in [0.15, 0.2) is 0 Å². The second kappa shape index (κ2) is 9.20. The van der Waals surface area contributed by atoms with Crippen LogP contribution in [0.25, 0.3) is 0 Å². The maximum Gasteiger partial charge on any atom is 0.129 e. The molecule has 0 saturated heterocycles. The highest BCUT2D eigenvalue weighted by atomic mass is 16.5. The summed E-state index contributed by atoms with van der Waals surface area (Å²) >= 11 is 0. The average Bonchev–Trinajstić information content (AvgIpc) is 2.63. The lowest BCUT2D eigenvalue weighted by Crippen LogP contribution is -2.27. The van der Waals surface area contributed by atoms with Gasteiger partial charge in [-0.2, -0.15) is 0 Å². The molecule has 6 heteroatoms. The van der Waals surface area contributed by atoms with Crippen LogP contribution in [0.2, 0.25) is 0 Å². The molecule has 0 aliphatic carbocycles. The van der Waals surface area contributed by atoms with Crippen molar-refractivity contribution in [3.8, 4) is 5.75 Å². The van der Waals surface area contributed by atoms with E-state index in [2.05, 4.69) is 16.8 Å². The number of nitrogens with one attached hydrogen (secondary N) is 1. The Balaban J connectivity index is 2.31. The van der Waals surface area contributed by atoms with Crippen molar-refractivity contribution in [3.05, 3.63) is 47.7 Å². The first-order valence-corrected chi connectivity index (χ1v) is 8.81. The molecule has 6 nitrogen and oxygen atoms in total. The van der Waals surface area contributed by atoms with E-state index in [0.717, 1.165) is 24.5 Å². The molecule has 1 aromatic heterocycles. The lowest BCUT2D eigenvalue weighted by atomic mass is 10.0. The van der Waals surface area contributed by atoms with E-state index in [9.17, 15) is 0 Å². The molecule has 2 aromatic rings. The topological polar surface area (TPSA) is 84.5 Å². The minimum atomic E-state index is 0.0621. The summed E-state index contributed by atoms with van der Waals surface area (Å²) in [6.07, 6.45) is 1.78. The predicted molar refractivity (Wildman–Crippen MR) is 107 cm³/mol. The molecule has 26 heavy (non-hydrogen) atoms. The highest BCUT2D eigenvalue weighted by Crippen LogP contribution is 2.24. The van der Waals surface area contributed by atoms with Crippen LogP contribution in [-0.4, -0.2) is 43.6 Å². The van der Waals surface area contributed by atoms with E-state index in [1.807, 2.05) is 38.1 Å². The Labute approximate surface area is 155 Å². The first-order chi connectivity index (χ1) is 12.5. The predicted octanol–water partition coefficient (Wildman–Crippen LogP) is 3.34. The van der Waals surface area contributed by atoms with E-state index in [1.165, 1.54) is 0 Å². The van der Waals surface area contributed by atoms with E-state index in [4.69, 9.17) is 20.6 Å². The number of likely N-dealkylation sites (N-methyl/N-ethyl adjacent to an activating group) is 1. The van der Waals surface area contributed by atoms with Crippen molar-refractivity contribution in [2.45, 2.75) is 26.9 Å². The van der Waals surface area contributed by atoms with Gasteiger partial charge in [-0.3, -0.25) is 5.41 Å². The number of nitrogens with two attached hydrogens (primary N) is 1. The minimum Gasteiger partial charge on any atom is -0.491 e. The number of nitrogen functional groups attached to an aromatic ring is 1. The van der Waals surface area contributed by atoms with Gasteiger partial charge in [0.2, 0.25) is 0 Å². The van der Waals surface area contributed by atoms with Gasteiger partial charge in [0.1, 0.15) is 11.6 Å². The molecule has 0 unspecified atom stereocenters. The Bertz CT molecular complexity index is 746. The van der Waals surface area contributed by atoms with Crippen LogP contribution in [0.15, 0.2) is 36.5 Å². The number of aromatic nitrogens is 1. The molecule has 1 aromatic carbocycles. The molecule has 0 aliphatic rings. The van der Waals surface area contributed by atoms with E-state index in [1.54, 1.807) is 19.4 Å². The van der Waals surface area contributed by atoms with Crippen LogP contribution < -0.4 is 15.4 Å². The van der Waals surface area contributed by atoms with Gasteiger partial charge in [-0.05, 0) is 51.1 Å². The Morgan fingerprint density at radius 2 is 2.04 bits per heavy atom. The number of hydrogen-bond donors (Lipinski definition) is 2. The third kappa shape index (κ3) is 4.95. The molecule has 0 amide bonds. The molecule has 0 fully saturated rings. The van der Waals surface area contributed by atoms with E-state index in [-0.39, 0.29) is 6.10 Å². The maximum atomic E-state index is 8.62. The maximum absolute atomic E-state index is 8.62. The zero-order valence-electron chi connectivity index (χ0n) is 16.0. The molecule has 1 heterocycles. The second-order valence-corrected chi connectivity index (χ2v) is 6.27. The summed E-state index contributed by atoms with van der Waals surface area (Å²) in [7, 11) is 1.68. The van der Waals surface area contributed by atoms with E-state index < -0.39 is 0 Å². The molecule has 0 bridgehead atoms. The molecular formula is C20H28N4O2. The van der Waals surface area contributed by atoms with Crippen molar-refractivity contribution in [2.75, 3.05) is 37.4 Å². The van der Waals surface area contributed by atoms with Gasteiger partial charge >= 0.3 is 0 Å². The fraction of sp³-hybridized carbons (Fsp3) is 0.400. The molecular weight excluding hydrogens is 328 g/mol. The Morgan fingerprint density at radius 1 is 1.27 bits per heavy atom. The highest BCUT2D eigenvalue weighted by Gasteiger charge is 2.13. The monoisotopic (exact) mass is 356 g/mol. The van der Waals surface area contributed by atoms with Crippen LogP contribution >= 0.6 is 0 Å². The first-order valence-electron chi connectivity index (χ1n) is 8.81. The quantitative estimate of drug-likeness (QED) is 0.532. The molecule has 3 N–H and O–H groups in total. The lowest BCUT2D eigenvalue weighted by Gasteiger charge is -2.22. The Kier molecular flexibility index (Phi) is 6.97. The number of anilines is 2. The van der Waals surface area contributed by atoms with Crippen molar-refractivity contribution in [1.82, 2.24) is 4.98 Å². The molecule has 0 spiro atoms. The molecule has 2 rings (SSSR count). The summed E-state index contributed by atoms with van der Waals surface area (Å²) in [6, 6.07) is 9.16. The van der Waals surface area contributed by atoms with Gasteiger partial charge in [0.25, 0.3) is 0 Å². The second-order valence-electron chi connectivity index (χ2n) is 6.27. The molecule has 0 aliphatic heterocycles. The zero-order chi connectivity index (χ0) is 19.1. The third-order valence-electron chi connectivity index (χ3n) is 3.97. The Hall–Kier alpha value is -2.60. The fourth-order valence-corrected chi connectivity index (χ4v) is 2.64. The summed E-state index contributed by atoms with van der Waals surface area (Å²) in [5, 5.41) is 8.62. The van der Waals surface area contributed by atoms with Gasteiger partial charge in [-0.1, -0.05) is 0 Å². The van der Waals surface area contributed by atoms with Crippen molar-refractivity contribution < 1.29 is 9.47 Å². The van der Waals surface area contributed by atoms with Crippen LogP contribution in [0.5, 0.6) is 5.75 Å². The summed E-state index contributed by atoms with van der Waals surface area (Å²) in [6.45, 7) is 8.19. The van der Waals surface area contributed by atoms with Crippen molar-refractivity contribution in [3.63, 3.8) is 0 Å². The van der Waals surface area contributed by atoms with Gasteiger partial charge in [0, 0.05) is 43.2 Å². The number of pyridine rings is 1. The number of methoxy groups -OCH3 is 1. The normalized spacial score (nSPS) is 10.8. The van der Waals surface area contributed by atoms with Crippen molar-refractivity contribution >= 4 is 17.2 Å². The smallest absolute Gasteiger partial charge is 0.129 e. The van der Waals surface area contributed by atoms with Crippen LogP contribution in [0.3, 0.4) is 0 Å². The third-order valence-corrected chi connectivity index (χ3v) is 3.97. The fourth-order valence-electron chi connectivity index (χ4n) is 2.64. The summed E-state index contributed by atoms with van der Waals surface area (Å²) in [5.41, 5.74) is 8.43. The molecule has 0 saturated carbocycles. The number of ether oxygens (including phenoxy) is 2. The summed E-state index contributed by atoms with van der Waals surface area (Å²) in [4.78, 5) is 6.55. The largest absolute Gasteiger partial charge is 0.491 e. The zero-order valence-corrected chi connectivity index (χ0v) is 16.0. The van der Waals surface area contributed by atoms with E-state index in [0.29, 0.717) is 29.3 Å². The van der Waals surface area contributed by atoms with Crippen LogP contribution in [0, 0.1) is 5.41 Å². The van der Waals surface area contributed by atoms with Crippen molar-refractivity contribution in [2.24, 2.45) is 0 Å². The average molecular weight is 356 g/mol. The first kappa shape index (κ1) is 19.7. The van der Waals surface area contributed by atoms with Gasteiger partial charge in [0.05, 0.1) is 18.4 Å². The standard InChI is InChI=1S/C20H28N4O2/c1-5-24(10-11-25-4)19-12-15(8-9-23-19)20(22)17-13-16(26-14(2)3)6-7-18(17)21/h6-9,12-14,22H,5,10-11,21H2,1-4H3. The molecule has 0 atom stereocenters. The number of benzene rings is 1. The highest BCUT2D eigenvalue weighted by molar-refractivity contribution is 6.14. The van der Waals surface area contributed by atoms with Crippen LogP contribution in [-0.2, 0) is 4.74 Å². The lowest BCUT2D eigenvalue weighted by molar-refractivity contribution is 0.205. The molecule has 140 valence electrons. The van der Waals surface area contributed by atoms with Gasteiger partial charge < -0.3 is 20.1 Å². The van der Waals surface area contributed by atoms with Gasteiger partial charge in [-0.15, -0.1) is 0 Å². The van der Waals surface area contributed by atoms with Crippen molar-refractivity contribution in [1.29, 1.82) is 5.41 Å². The van der Waals surface area contributed by atoms with Crippen LogP contribution in [0.4, 0.5) is 11.5 Å². The SMILES string of the molecule is CCN(CCOC)c1cc(C(=N)c2cc(OC(C)C)ccc2N)ccn1. The minimum absolute atomic E-state index is 0.0621. The van der Waals surface area contributed by atoms with Gasteiger partial charge in [-0.25, -0.2) is 4.98 Å². The van der Waals surface area contributed by atoms with E-state index >= 15 is 0 Å². The number of hydrogen-bond acceptors (Lipinski definition) is 6. The number of rotatable bonds is 9. The molecule has 0 radical (unpaired) electrons. The summed E-state index contributed by atoms with van der Waals surface area (Å²) < 4.78 is 10.9. The Morgan fingerprint density at radius 3 is 2.69 bits per heavy atom.